The first kappa shape index (κ1) is 18.3. The molecule has 3 N–H and O–H groups in total. The van der Waals surface area contributed by atoms with Crippen molar-refractivity contribution in [2.24, 2.45) is 0 Å². The van der Waals surface area contributed by atoms with Crippen LogP contribution in [-0.4, -0.2) is 36.6 Å². The number of hydrogen-bond acceptors (Lipinski definition) is 5. The van der Waals surface area contributed by atoms with E-state index in [9.17, 15) is 18.4 Å². The van der Waals surface area contributed by atoms with Gasteiger partial charge < -0.3 is 15.4 Å². The summed E-state index contributed by atoms with van der Waals surface area (Å²) in [5.74, 6) is -3.16. The van der Waals surface area contributed by atoms with Gasteiger partial charge in [-0.2, -0.15) is 0 Å². The van der Waals surface area contributed by atoms with E-state index in [0.717, 1.165) is 23.5 Å². The van der Waals surface area contributed by atoms with Gasteiger partial charge in [0.2, 0.25) is 5.91 Å². The number of urea groups is 1. The second-order valence-corrected chi connectivity index (χ2v) is 7.06. The summed E-state index contributed by atoms with van der Waals surface area (Å²) in [6.07, 6.45) is 1.36. The monoisotopic (exact) mass is 402 g/mol. The van der Waals surface area contributed by atoms with E-state index in [1.807, 2.05) is 0 Å². The van der Waals surface area contributed by atoms with Gasteiger partial charge in [-0.25, -0.2) is 18.6 Å². The number of hydrogen-bond donors (Lipinski definition) is 3. The third kappa shape index (κ3) is 3.70. The number of rotatable bonds is 4. The van der Waals surface area contributed by atoms with Gasteiger partial charge in [0.05, 0.1) is 13.3 Å². The van der Waals surface area contributed by atoms with Crippen LogP contribution in [0.5, 0.6) is 5.75 Å². The zero-order valence-corrected chi connectivity index (χ0v) is 14.9. The summed E-state index contributed by atoms with van der Waals surface area (Å²) in [6.45, 7) is -0.0208. The lowest BCUT2D eigenvalue weighted by Gasteiger charge is -2.20. The van der Waals surface area contributed by atoms with E-state index in [1.165, 1.54) is 13.3 Å². The molecule has 11 heteroatoms. The first-order valence-corrected chi connectivity index (χ1v) is 8.58. The summed E-state index contributed by atoms with van der Waals surface area (Å²) in [5, 5.41) is 7.55. The van der Waals surface area contributed by atoms with Crippen LogP contribution in [0.4, 0.5) is 18.7 Å². The van der Waals surface area contributed by atoms with Crippen molar-refractivity contribution in [1.29, 1.82) is 0 Å². The van der Waals surface area contributed by atoms with E-state index < -0.39 is 35.5 Å². The van der Waals surface area contributed by atoms with Crippen LogP contribution in [0.15, 0.2) is 18.3 Å². The minimum absolute atomic E-state index is 0.0175. The van der Waals surface area contributed by atoms with Gasteiger partial charge in [-0.05, 0) is 0 Å². The molecular formula is C15H13ClF2N4O3S. The average molecular weight is 403 g/mol. The highest BCUT2D eigenvalue weighted by Gasteiger charge is 2.40. The number of ether oxygens (including phenoxy) is 1. The van der Waals surface area contributed by atoms with Gasteiger partial charge in [0.15, 0.2) is 5.13 Å². The zero-order valence-electron chi connectivity index (χ0n) is 13.3. The molecule has 0 bridgehead atoms. The summed E-state index contributed by atoms with van der Waals surface area (Å²) in [4.78, 5) is 28.0. The highest BCUT2D eigenvalue weighted by molar-refractivity contribution is 7.19. The zero-order chi connectivity index (χ0) is 18.8. The van der Waals surface area contributed by atoms with Crippen LogP contribution in [0, 0.1) is 11.6 Å². The Kier molecular flexibility index (Phi) is 5.23. The highest BCUT2D eigenvalue weighted by Crippen LogP contribution is 2.31. The Labute approximate surface area is 155 Å². The molecule has 1 saturated heterocycles. The van der Waals surface area contributed by atoms with Crippen molar-refractivity contribution >= 4 is 40.0 Å². The lowest BCUT2D eigenvalue weighted by atomic mass is 9.93. The SMILES string of the molecule is COc1cc(F)c(C2CNC(=O)C2NC(=O)Nc2ncc(Cl)s2)c(F)c1. The van der Waals surface area contributed by atoms with Crippen molar-refractivity contribution in [3.05, 3.63) is 39.9 Å². The van der Waals surface area contributed by atoms with Crippen molar-refractivity contribution in [3.63, 3.8) is 0 Å². The topological polar surface area (TPSA) is 92.4 Å². The molecule has 3 rings (SSSR count). The van der Waals surface area contributed by atoms with Crippen LogP contribution in [0.1, 0.15) is 11.5 Å². The maximum Gasteiger partial charge on any atom is 0.321 e. The van der Waals surface area contributed by atoms with Crippen LogP contribution in [-0.2, 0) is 4.79 Å². The normalized spacial score (nSPS) is 19.2. The number of methoxy groups -OCH3 is 1. The lowest BCUT2D eigenvalue weighted by Crippen LogP contribution is -2.45. The van der Waals surface area contributed by atoms with Crippen molar-refractivity contribution in [1.82, 2.24) is 15.6 Å². The van der Waals surface area contributed by atoms with E-state index in [4.69, 9.17) is 16.3 Å². The third-order valence-corrected chi connectivity index (χ3v) is 4.85. The van der Waals surface area contributed by atoms with Crippen molar-refractivity contribution < 1.29 is 23.1 Å². The quantitative estimate of drug-likeness (QED) is 0.732. The van der Waals surface area contributed by atoms with Crippen molar-refractivity contribution in [2.45, 2.75) is 12.0 Å². The highest BCUT2D eigenvalue weighted by atomic mass is 35.5. The first-order valence-electron chi connectivity index (χ1n) is 7.38. The summed E-state index contributed by atoms with van der Waals surface area (Å²) in [7, 11) is 1.29. The Bertz CT molecular complexity index is 840. The summed E-state index contributed by atoms with van der Waals surface area (Å²) in [6, 6.07) is 0.159. The number of carbonyl (C=O) groups is 2. The Morgan fingerprint density at radius 2 is 2.12 bits per heavy atom. The molecule has 0 saturated carbocycles. The summed E-state index contributed by atoms with van der Waals surface area (Å²) in [5.41, 5.74) is -0.299. The van der Waals surface area contributed by atoms with E-state index in [1.54, 1.807) is 0 Å². The minimum Gasteiger partial charge on any atom is -0.497 e. The Balaban J connectivity index is 1.80. The average Bonchev–Trinajstić information content (AvgIpc) is 3.14. The molecule has 138 valence electrons. The first-order chi connectivity index (χ1) is 12.4. The van der Waals surface area contributed by atoms with E-state index in [-0.39, 0.29) is 23.0 Å². The van der Waals surface area contributed by atoms with Gasteiger partial charge in [-0.15, -0.1) is 0 Å². The molecule has 2 atom stereocenters. The summed E-state index contributed by atoms with van der Waals surface area (Å²) < 4.78 is 33.8. The van der Waals surface area contributed by atoms with Crippen LogP contribution in [0.2, 0.25) is 4.34 Å². The van der Waals surface area contributed by atoms with Gasteiger partial charge >= 0.3 is 6.03 Å². The number of thiazole rings is 1. The molecule has 3 amide bonds. The molecule has 2 unspecified atom stereocenters. The fourth-order valence-electron chi connectivity index (χ4n) is 2.68. The molecule has 1 aromatic heterocycles. The molecule has 26 heavy (non-hydrogen) atoms. The number of amides is 3. The molecular weight excluding hydrogens is 390 g/mol. The number of halogens is 3. The van der Waals surface area contributed by atoms with Crippen LogP contribution < -0.4 is 20.7 Å². The number of nitrogens with one attached hydrogen (secondary N) is 3. The van der Waals surface area contributed by atoms with E-state index in [2.05, 4.69) is 20.9 Å². The van der Waals surface area contributed by atoms with E-state index in [0.29, 0.717) is 4.34 Å². The number of aromatic nitrogens is 1. The van der Waals surface area contributed by atoms with E-state index >= 15 is 0 Å². The maximum atomic E-state index is 14.3. The predicted molar refractivity (Wildman–Crippen MR) is 91.7 cm³/mol. The molecule has 0 spiro atoms. The molecule has 1 aliphatic rings. The minimum atomic E-state index is -1.15. The second kappa shape index (κ2) is 7.42. The number of nitrogens with zero attached hydrogens (tertiary/aromatic N) is 1. The fourth-order valence-corrected chi connectivity index (χ4v) is 3.48. The second-order valence-electron chi connectivity index (χ2n) is 5.40. The standard InChI is InChI=1S/C15H13ClF2N4O3S/c1-25-6-2-8(17)11(9(18)3-6)7-4-19-13(23)12(7)21-14(24)22-15-20-5-10(16)26-15/h2-3,5,7,12H,4H2,1H3,(H,19,23)(H2,20,21,22,24). The van der Waals surface area contributed by atoms with Crippen LogP contribution in [0.25, 0.3) is 0 Å². The van der Waals surface area contributed by atoms with Crippen LogP contribution in [0.3, 0.4) is 0 Å². The van der Waals surface area contributed by atoms with Crippen molar-refractivity contribution in [3.8, 4) is 5.75 Å². The maximum absolute atomic E-state index is 14.3. The van der Waals surface area contributed by atoms with Gasteiger partial charge in [0, 0.05) is 30.2 Å². The van der Waals surface area contributed by atoms with Gasteiger partial charge in [-0.3, -0.25) is 10.1 Å². The molecule has 1 aromatic carbocycles. The number of benzene rings is 1. The summed E-state index contributed by atoms with van der Waals surface area (Å²) >= 11 is 6.76. The molecule has 7 nitrogen and oxygen atoms in total. The number of carbonyl (C=O) groups excluding carboxylic acids is 2. The molecule has 2 aromatic rings. The Hall–Kier alpha value is -2.46. The number of anilines is 1. The molecule has 2 heterocycles. The fraction of sp³-hybridized carbons (Fsp3) is 0.267. The van der Waals surface area contributed by atoms with Crippen molar-refractivity contribution in [2.75, 3.05) is 19.0 Å². The molecule has 1 fully saturated rings. The molecule has 1 aliphatic heterocycles. The third-order valence-electron chi connectivity index (χ3n) is 3.82. The lowest BCUT2D eigenvalue weighted by molar-refractivity contribution is -0.120. The Morgan fingerprint density at radius 3 is 2.69 bits per heavy atom. The van der Waals surface area contributed by atoms with Gasteiger partial charge in [-0.1, -0.05) is 22.9 Å². The van der Waals surface area contributed by atoms with Gasteiger partial charge in [0.1, 0.15) is 27.8 Å². The predicted octanol–water partition coefficient (Wildman–Crippen LogP) is 2.49. The van der Waals surface area contributed by atoms with Crippen LogP contribution >= 0.6 is 22.9 Å². The smallest absolute Gasteiger partial charge is 0.321 e. The Morgan fingerprint density at radius 1 is 1.42 bits per heavy atom. The largest absolute Gasteiger partial charge is 0.497 e. The molecule has 0 aliphatic carbocycles. The van der Waals surface area contributed by atoms with Gasteiger partial charge in [0.25, 0.3) is 0 Å². The molecule has 0 radical (unpaired) electrons.